The molecule has 5 nitrogen and oxygen atoms in total. The molecule has 0 radical (unpaired) electrons. The smallest absolute Gasteiger partial charge is 0.406 e. The molecule has 0 aromatic carbocycles. The number of carbonyl (C=O) groups excluding carboxylic acids is 1. The molecule has 16 heavy (non-hydrogen) atoms. The Hall–Kier alpha value is -2.17. The van der Waals surface area contributed by atoms with Gasteiger partial charge in [0.05, 0.1) is 6.20 Å². The molecule has 0 spiro atoms. The Bertz CT molecular complexity index is 508. The van der Waals surface area contributed by atoms with E-state index in [-0.39, 0.29) is 0 Å². The van der Waals surface area contributed by atoms with Crippen LogP contribution >= 0.6 is 0 Å². The zero-order valence-corrected chi connectivity index (χ0v) is 8.80. The van der Waals surface area contributed by atoms with Gasteiger partial charge in [0.1, 0.15) is 5.52 Å². The van der Waals surface area contributed by atoms with Crippen molar-refractivity contribution in [2.75, 3.05) is 6.54 Å². The first-order valence-electron chi connectivity index (χ1n) is 4.95. The highest BCUT2D eigenvalue weighted by molar-refractivity contribution is 5.85. The van der Waals surface area contributed by atoms with Crippen LogP contribution < -0.4 is 10.1 Å². The number of hydrogen-bond acceptors (Lipinski definition) is 4. The maximum Gasteiger partial charge on any atom is 0.412 e. The number of pyridine rings is 2. The summed E-state index contributed by atoms with van der Waals surface area (Å²) in [5.41, 5.74) is 0.628. The van der Waals surface area contributed by atoms with E-state index in [0.29, 0.717) is 17.8 Å². The van der Waals surface area contributed by atoms with Crippen molar-refractivity contribution >= 4 is 17.0 Å². The highest BCUT2D eigenvalue weighted by atomic mass is 16.6. The molecule has 1 N–H and O–H groups in total. The van der Waals surface area contributed by atoms with Crippen LogP contribution in [0.3, 0.4) is 0 Å². The summed E-state index contributed by atoms with van der Waals surface area (Å²) >= 11 is 0. The van der Waals surface area contributed by atoms with Crippen LogP contribution in [0, 0.1) is 0 Å². The van der Waals surface area contributed by atoms with Crippen LogP contribution in [0.5, 0.6) is 5.75 Å². The number of carbonyl (C=O) groups is 1. The maximum absolute atomic E-state index is 11.3. The number of hydrogen-bond donors (Lipinski definition) is 1. The van der Waals surface area contributed by atoms with Crippen molar-refractivity contribution in [2.24, 2.45) is 0 Å². The van der Waals surface area contributed by atoms with E-state index in [0.717, 1.165) is 5.39 Å². The zero-order valence-electron chi connectivity index (χ0n) is 8.80. The highest BCUT2D eigenvalue weighted by Gasteiger charge is 2.07. The molecule has 0 aliphatic heterocycles. The summed E-state index contributed by atoms with van der Waals surface area (Å²) in [7, 11) is 0. The van der Waals surface area contributed by atoms with Crippen LogP contribution in [0.1, 0.15) is 6.92 Å². The molecule has 0 aliphatic rings. The Morgan fingerprint density at radius 1 is 1.50 bits per heavy atom. The second kappa shape index (κ2) is 4.57. The van der Waals surface area contributed by atoms with E-state index in [1.54, 1.807) is 18.5 Å². The molecule has 1 amide bonds. The van der Waals surface area contributed by atoms with Gasteiger partial charge in [-0.25, -0.2) is 4.79 Å². The molecule has 0 fully saturated rings. The minimum atomic E-state index is -0.498. The van der Waals surface area contributed by atoms with Crippen molar-refractivity contribution in [1.29, 1.82) is 0 Å². The molecule has 0 aliphatic carbocycles. The summed E-state index contributed by atoms with van der Waals surface area (Å²) in [5, 5.41) is 3.38. The van der Waals surface area contributed by atoms with Gasteiger partial charge in [0.25, 0.3) is 0 Å². The second-order valence-corrected chi connectivity index (χ2v) is 3.13. The van der Waals surface area contributed by atoms with E-state index in [4.69, 9.17) is 4.74 Å². The van der Waals surface area contributed by atoms with Gasteiger partial charge in [-0.2, -0.15) is 0 Å². The van der Waals surface area contributed by atoms with Crippen LogP contribution in [0.25, 0.3) is 10.9 Å². The summed E-state index contributed by atoms with van der Waals surface area (Å²) in [6.07, 6.45) is 4.30. The van der Waals surface area contributed by atoms with E-state index in [1.165, 1.54) is 6.20 Å². The second-order valence-electron chi connectivity index (χ2n) is 3.13. The number of amides is 1. The molecule has 0 unspecified atom stereocenters. The fourth-order valence-electron chi connectivity index (χ4n) is 1.33. The fourth-order valence-corrected chi connectivity index (χ4v) is 1.33. The van der Waals surface area contributed by atoms with Gasteiger partial charge in [-0.05, 0) is 19.1 Å². The molecular weight excluding hydrogens is 206 g/mol. The van der Waals surface area contributed by atoms with Gasteiger partial charge in [-0.3, -0.25) is 9.97 Å². The van der Waals surface area contributed by atoms with Crippen molar-refractivity contribution in [2.45, 2.75) is 6.92 Å². The predicted molar refractivity (Wildman–Crippen MR) is 59.2 cm³/mol. The van der Waals surface area contributed by atoms with Crippen molar-refractivity contribution in [3.8, 4) is 5.75 Å². The Kier molecular flexibility index (Phi) is 2.95. The third-order valence-corrected chi connectivity index (χ3v) is 2.00. The Morgan fingerprint density at radius 2 is 2.38 bits per heavy atom. The molecule has 0 atom stereocenters. The van der Waals surface area contributed by atoms with Gasteiger partial charge in [-0.15, -0.1) is 0 Å². The number of aromatic nitrogens is 2. The topological polar surface area (TPSA) is 64.1 Å². The van der Waals surface area contributed by atoms with Crippen LogP contribution in [0.4, 0.5) is 4.79 Å². The summed E-state index contributed by atoms with van der Waals surface area (Å²) < 4.78 is 5.09. The number of rotatable bonds is 2. The first-order chi connectivity index (χ1) is 7.81. The Labute approximate surface area is 92.5 Å². The first-order valence-corrected chi connectivity index (χ1v) is 4.95. The van der Waals surface area contributed by atoms with Crippen molar-refractivity contribution < 1.29 is 9.53 Å². The third kappa shape index (κ3) is 2.08. The molecule has 82 valence electrons. The average molecular weight is 217 g/mol. The SMILES string of the molecule is CCNC(=O)Oc1cncc2cccnc12. The molecule has 0 bridgehead atoms. The van der Waals surface area contributed by atoms with E-state index in [9.17, 15) is 4.79 Å². The van der Waals surface area contributed by atoms with Crippen LogP contribution in [-0.4, -0.2) is 22.6 Å². The quantitative estimate of drug-likeness (QED) is 0.832. The number of nitrogens with one attached hydrogen (secondary N) is 1. The van der Waals surface area contributed by atoms with Gasteiger partial charge < -0.3 is 10.1 Å². The maximum atomic E-state index is 11.3. The van der Waals surface area contributed by atoms with Crippen LogP contribution in [0.2, 0.25) is 0 Å². The Balaban J connectivity index is 2.33. The lowest BCUT2D eigenvalue weighted by Crippen LogP contribution is -2.26. The Morgan fingerprint density at radius 3 is 3.19 bits per heavy atom. The van der Waals surface area contributed by atoms with Gasteiger partial charge in [0.15, 0.2) is 5.75 Å². The number of ether oxygens (including phenoxy) is 1. The normalized spacial score (nSPS) is 10.1. The first kappa shape index (κ1) is 10.4. The number of nitrogens with zero attached hydrogens (tertiary/aromatic N) is 2. The van der Waals surface area contributed by atoms with Crippen molar-refractivity contribution in [3.63, 3.8) is 0 Å². The lowest BCUT2D eigenvalue weighted by molar-refractivity contribution is 0.201. The lowest BCUT2D eigenvalue weighted by atomic mass is 10.2. The fraction of sp³-hybridized carbons (Fsp3) is 0.182. The molecule has 5 heteroatoms. The summed E-state index contributed by atoms with van der Waals surface area (Å²) in [5.74, 6) is 0.365. The van der Waals surface area contributed by atoms with E-state index in [1.807, 2.05) is 13.0 Å². The molecule has 2 aromatic rings. The van der Waals surface area contributed by atoms with Gasteiger partial charge in [0.2, 0.25) is 0 Å². The van der Waals surface area contributed by atoms with Gasteiger partial charge in [0, 0.05) is 24.3 Å². The molecule has 0 saturated heterocycles. The van der Waals surface area contributed by atoms with E-state index < -0.39 is 6.09 Å². The summed E-state index contributed by atoms with van der Waals surface area (Å²) in [6, 6.07) is 3.67. The third-order valence-electron chi connectivity index (χ3n) is 2.00. The molecule has 2 rings (SSSR count). The van der Waals surface area contributed by atoms with Crippen molar-refractivity contribution in [3.05, 3.63) is 30.7 Å². The highest BCUT2D eigenvalue weighted by Crippen LogP contribution is 2.21. The zero-order chi connectivity index (χ0) is 11.4. The van der Waals surface area contributed by atoms with E-state index >= 15 is 0 Å². The van der Waals surface area contributed by atoms with Gasteiger partial charge >= 0.3 is 6.09 Å². The molecular formula is C11H11N3O2. The predicted octanol–water partition coefficient (Wildman–Crippen LogP) is 1.74. The summed E-state index contributed by atoms with van der Waals surface area (Å²) in [4.78, 5) is 19.4. The minimum Gasteiger partial charge on any atom is -0.406 e. The summed E-state index contributed by atoms with van der Waals surface area (Å²) in [6.45, 7) is 2.34. The van der Waals surface area contributed by atoms with E-state index in [2.05, 4.69) is 15.3 Å². The minimum absolute atomic E-state index is 0.365. The monoisotopic (exact) mass is 217 g/mol. The standard InChI is InChI=1S/C11H11N3O2/c1-2-13-11(15)16-9-7-12-6-8-4-3-5-14-10(8)9/h3-7H,2H2,1H3,(H,13,15). The molecule has 0 saturated carbocycles. The van der Waals surface area contributed by atoms with Crippen molar-refractivity contribution in [1.82, 2.24) is 15.3 Å². The molecule has 2 aromatic heterocycles. The van der Waals surface area contributed by atoms with Gasteiger partial charge in [-0.1, -0.05) is 0 Å². The average Bonchev–Trinajstić information content (AvgIpc) is 2.30. The molecule has 2 heterocycles. The lowest BCUT2D eigenvalue weighted by Gasteiger charge is -2.06. The largest absolute Gasteiger partial charge is 0.412 e. The number of fused-ring (bicyclic) bond motifs is 1. The van der Waals surface area contributed by atoms with Crippen LogP contribution in [0.15, 0.2) is 30.7 Å². The van der Waals surface area contributed by atoms with Crippen LogP contribution in [-0.2, 0) is 0 Å².